The lowest BCUT2D eigenvalue weighted by atomic mass is 9.93. The number of nitrogens with one attached hydrogen (secondary N) is 1. The summed E-state index contributed by atoms with van der Waals surface area (Å²) in [6.07, 6.45) is 6.72. The monoisotopic (exact) mass is 282 g/mol. The van der Waals surface area contributed by atoms with Crippen LogP contribution in [0.25, 0.3) is 0 Å². The fourth-order valence-electron chi connectivity index (χ4n) is 2.72. The van der Waals surface area contributed by atoms with Crippen LogP contribution in [0.15, 0.2) is 36.5 Å². The van der Waals surface area contributed by atoms with Crippen molar-refractivity contribution >= 4 is 11.8 Å². The molecule has 4 heteroatoms. The van der Waals surface area contributed by atoms with Crippen LogP contribution in [0, 0.1) is 0 Å². The number of benzene rings is 1. The van der Waals surface area contributed by atoms with Gasteiger partial charge in [-0.15, -0.1) is 0 Å². The normalized spacial score (nSPS) is 13.5. The molecule has 0 spiro atoms. The molecule has 1 aromatic carbocycles. The predicted molar refractivity (Wildman–Crippen MR) is 81.6 cm³/mol. The Bertz CT molecular complexity index is 668. The summed E-state index contributed by atoms with van der Waals surface area (Å²) in [5.41, 5.74) is 4.00. The zero-order chi connectivity index (χ0) is 14.7. The van der Waals surface area contributed by atoms with E-state index in [0.29, 0.717) is 12.1 Å². The lowest BCUT2D eigenvalue weighted by Crippen LogP contribution is -2.07. The van der Waals surface area contributed by atoms with E-state index in [4.69, 9.17) is 5.11 Å². The van der Waals surface area contributed by atoms with Crippen molar-refractivity contribution in [3.63, 3.8) is 0 Å². The zero-order valence-corrected chi connectivity index (χ0v) is 11.8. The van der Waals surface area contributed by atoms with Gasteiger partial charge in [-0.3, -0.25) is 0 Å². The van der Waals surface area contributed by atoms with Crippen LogP contribution in [0.1, 0.15) is 39.9 Å². The van der Waals surface area contributed by atoms with Gasteiger partial charge in [0.25, 0.3) is 0 Å². The molecule has 0 aliphatic heterocycles. The largest absolute Gasteiger partial charge is 0.478 e. The molecule has 21 heavy (non-hydrogen) atoms. The second-order valence-electron chi connectivity index (χ2n) is 5.40. The third kappa shape index (κ3) is 3.21. The molecule has 0 saturated carbocycles. The van der Waals surface area contributed by atoms with Crippen LogP contribution < -0.4 is 5.32 Å². The van der Waals surface area contributed by atoms with E-state index >= 15 is 0 Å². The van der Waals surface area contributed by atoms with Gasteiger partial charge in [-0.25, -0.2) is 9.78 Å². The van der Waals surface area contributed by atoms with E-state index in [1.807, 2.05) is 12.3 Å². The van der Waals surface area contributed by atoms with E-state index in [2.05, 4.69) is 16.4 Å². The van der Waals surface area contributed by atoms with E-state index in [1.165, 1.54) is 24.0 Å². The van der Waals surface area contributed by atoms with Crippen molar-refractivity contribution in [1.29, 1.82) is 0 Å². The standard InChI is InChI=1S/C17H18N2O2/c20-17(21)14-7-3-4-12(8-14)10-18-16-9-13-5-1-2-6-15(13)11-19-16/h3-4,7-9,11H,1-2,5-6,10H2,(H,18,19)(H,20,21). The minimum absolute atomic E-state index is 0.313. The summed E-state index contributed by atoms with van der Waals surface area (Å²) in [6, 6.07) is 9.09. The Hall–Kier alpha value is -2.36. The highest BCUT2D eigenvalue weighted by Gasteiger charge is 2.10. The third-order valence-corrected chi connectivity index (χ3v) is 3.87. The van der Waals surface area contributed by atoms with Crippen molar-refractivity contribution in [2.75, 3.05) is 5.32 Å². The van der Waals surface area contributed by atoms with Crippen LogP contribution >= 0.6 is 0 Å². The highest BCUT2D eigenvalue weighted by molar-refractivity contribution is 5.87. The van der Waals surface area contributed by atoms with E-state index in [9.17, 15) is 4.79 Å². The van der Waals surface area contributed by atoms with Gasteiger partial charge >= 0.3 is 5.97 Å². The first-order valence-corrected chi connectivity index (χ1v) is 7.26. The molecule has 1 heterocycles. The van der Waals surface area contributed by atoms with Crippen molar-refractivity contribution in [2.24, 2.45) is 0 Å². The van der Waals surface area contributed by atoms with Crippen LogP contribution in [0.2, 0.25) is 0 Å². The smallest absolute Gasteiger partial charge is 0.335 e. The molecule has 0 radical (unpaired) electrons. The number of carboxylic acid groups (broad SMARTS) is 1. The summed E-state index contributed by atoms with van der Waals surface area (Å²) < 4.78 is 0. The van der Waals surface area contributed by atoms with E-state index in [1.54, 1.807) is 18.2 Å². The first kappa shape index (κ1) is 13.6. The first-order valence-electron chi connectivity index (χ1n) is 7.26. The van der Waals surface area contributed by atoms with Gasteiger partial charge in [0.1, 0.15) is 5.82 Å². The SMILES string of the molecule is O=C(O)c1cccc(CNc2cc3c(cn2)CCCC3)c1. The Morgan fingerprint density at radius 3 is 2.81 bits per heavy atom. The topological polar surface area (TPSA) is 62.2 Å². The Balaban J connectivity index is 1.70. The number of anilines is 1. The Labute approximate surface area is 123 Å². The molecule has 2 aromatic rings. The molecular formula is C17H18N2O2. The van der Waals surface area contributed by atoms with Gasteiger partial charge in [-0.1, -0.05) is 12.1 Å². The molecular weight excluding hydrogens is 264 g/mol. The van der Waals surface area contributed by atoms with Crippen molar-refractivity contribution in [1.82, 2.24) is 4.98 Å². The lowest BCUT2D eigenvalue weighted by molar-refractivity contribution is 0.0697. The van der Waals surface area contributed by atoms with Crippen LogP contribution in [0.5, 0.6) is 0 Å². The summed E-state index contributed by atoms with van der Waals surface area (Å²) in [5, 5.41) is 12.3. The van der Waals surface area contributed by atoms with Gasteiger partial charge in [-0.2, -0.15) is 0 Å². The summed E-state index contributed by atoms with van der Waals surface area (Å²) in [6.45, 7) is 0.576. The number of hydrogen-bond acceptors (Lipinski definition) is 3. The number of rotatable bonds is 4. The Morgan fingerprint density at radius 2 is 2.00 bits per heavy atom. The summed E-state index contributed by atoms with van der Waals surface area (Å²) in [4.78, 5) is 15.4. The molecule has 3 rings (SSSR count). The molecule has 4 nitrogen and oxygen atoms in total. The molecule has 0 atom stereocenters. The average Bonchev–Trinajstić information content (AvgIpc) is 2.53. The molecule has 1 aliphatic rings. The third-order valence-electron chi connectivity index (χ3n) is 3.87. The Kier molecular flexibility index (Phi) is 3.86. The second kappa shape index (κ2) is 5.95. The number of aromatic nitrogens is 1. The quantitative estimate of drug-likeness (QED) is 0.903. The maximum Gasteiger partial charge on any atom is 0.335 e. The molecule has 108 valence electrons. The van der Waals surface area contributed by atoms with Crippen molar-refractivity contribution in [3.05, 3.63) is 58.8 Å². The highest BCUT2D eigenvalue weighted by atomic mass is 16.4. The van der Waals surface area contributed by atoms with Gasteiger partial charge in [0.15, 0.2) is 0 Å². The molecule has 1 aliphatic carbocycles. The molecule has 1 aromatic heterocycles. The molecule has 2 N–H and O–H groups in total. The van der Waals surface area contributed by atoms with Gasteiger partial charge in [0.05, 0.1) is 5.56 Å². The molecule has 0 bridgehead atoms. The van der Waals surface area contributed by atoms with Gasteiger partial charge in [-0.05, 0) is 60.6 Å². The molecule has 0 fully saturated rings. The van der Waals surface area contributed by atoms with Crippen LogP contribution in [0.4, 0.5) is 5.82 Å². The van der Waals surface area contributed by atoms with Gasteiger partial charge < -0.3 is 10.4 Å². The predicted octanol–water partition coefficient (Wildman–Crippen LogP) is 3.27. The van der Waals surface area contributed by atoms with Crippen molar-refractivity contribution in [2.45, 2.75) is 32.2 Å². The number of carboxylic acids is 1. The average molecular weight is 282 g/mol. The van der Waals surface area contributed by atoms with E-state index in [0.717, 1.165) is 24.2 Å². The Morgan fingerprint density at radius 1 is 1.19 bits per heavy atom. The maximum atomic E-state index is 11.0. The number of carbonyl (C=O) groups is 1. The number of aromatic carboxylic acids is 1. The lowest BCUT2D eigenvalue weighted by Gasteiger charge is -2.16. The van der Waals surface area contributed by atoms with E-state index < -0.39 is 5.97 Å². The van der Waals surface area contributed by atoms with Crippen molar-refractivity contribution in [3.8, 4) is 0 Å². The van der Waals surface area contributed by atoms with Crippen LogP contribution in [0.3, 0.4) is 0 Å². The second-order valence-corrected chi connectivity index (χ2v) is 5.40. The number of hydrogen-bond donors (Lipinski definition) is 2. The summed E-state index contributed by atoms with van der Waals surface area (Å²) in [7, 11) is 0. The maximum absolute atomic E-state index is 11.0. The van der Waals surface area contributed by atoms with Crippen LogP contribution in [-0.2, 0) is 19.4 Å². The number of fused-ring (bicyclic) bond motifs is 1. The van der Waals surface area contributed by atoms with Crippen LogP contribution in [-0.4, -0.2) is 16.1 Å². The number of aryl methyl sites for hydroxylation is 2. The van der Waals surface area contributed by atoms with Gasteiger partial charge in [0.2, 0.25) is 0 Å². The van der Waals surface area contributed by atoms with Crippen molar-refractivity contribution < 1.29 is 9.90 Å². The zero-order valence-electron chi connectivity index (χ0n) is 11.8. The first-order chi connectivity index (χ1) is 10.2. The summed E-state index contributed by atoms with van der Waals surface area (Å²) in [5.74, 6) is -0.0415. The summed E-state index contributed by atoms with van der Waals surface area (Å²) >= 11 is 0. The fourth-order valence-corrected chi connectivity index (χ4v) is 2.72. The minimum atomic E-state index is -0.899. The molecule has 0 unspecified atom stereocenters. The number of nitrogens with zero attached hydrogens (tertiary/aromatic N) is 1. The van der Waals surface area contributed by atoms with Gasteiger partial charge in [0, 0.05) is 12.7 Å². The van der Waals surface area contributed by atoms with E-state index in [-0.39, 0.29) is 0 Å². The molecule has 0 amide bonds. The molecule has 0 saturated heterocycles. The highest BCUT2D eigenvalue weighted by Crippen LogP contribution is 2.22. The number of pyridine rings is 1. The fraction of sp³-hybridized carbons (Fsp3) is 0.294. The minimum Gasteiger partial charge on any atom is -0.478 e.